The van der Waals surface area contributed by atoms with Gasteiger partial charge < -0.3 is 11.1 Å². The molecule has 1 heterocycles. The van der Waals surface area contributed by atoms with Crippen LogP contribution in [0.15, 0.2) is 18.2 Å². The highest BCUT2D eigenvalue weighted by Gasteiger charge is 2.30. The van der Waals surface area contributed by atoms with Crippen molar-refractivity contribution >= 4 is 34.3 Å². The molecule has 3 rings (SSSR count). The number of benzene rings is 1. The Morgan fingerprint density at radius 1 is 1.32 bits per heavy atom. The number of nitrogen functional groups attached to an aromatic ring is 1. The fraction of sp³-hybridized carbons (Fsp3) is 0.471. The molecule has 1 aromatic carbocycles. The third kappa shape index (κ3) is 4.43. The molecule has 1 aromatic heterocycles. The third-order valence-electron chi connectivity index (χ3n) is 4.34. The van der Waals surface area contributed by atoms with Gasteiger partial charge in [0.2, 0.25) is 11.9 Å². The van der Waals surface area contributed by atoms with Crippen molar-refractivity contribution in [3.05, 3.63) is 40.7 Å². The quantitative estimate of drug-likeness (QED) is 0.841. The van der Waals surface area contributed by atoms with Gasteiger partial charge in [0.15, 0.2) is 12.0 Å². The number of anilines is 2. The summed E-state index contributed by atoms with van der Waals surface area (Å²) in [6.45, 7) is 6.01. The average Bonchev–Trinajstić information content (AvgIpc) is 2.90. The number of alkyl halides is 1. The first kappa shape index (κ1) is 19.5. The van der Waals surface area contributed by atoms with Gasteiger partial charge in [-0.3, -0.25) is 0 Å². The van der Waals surface area contributed by atoms with Gasteiger partial charge in [0.25, 0.3) is 0 Å². The molecular formula is C17H22FN5S2. The lowest BCUT2D eigenvalue weighted by atomic mass is 10.0. The van der Waals surface area contributed by atoms with E-state index in [2.05, 4.69) is 74.7 Å². The molecule has 8 heteroatoms. The van der Waals surface area contributed by atoms with E-state index in [4.69, 9.17) is 5.73 Å². The van der Waals surface area contributed by atoms with Gasteiger partial charge in [0.1, 0.15) is 0 Å². The van der Waals surface area contributed by atoms with E-state index < -0.39 is 6.17 Å². The molecule has 25 heavy (non-hydrogen) atoms. The molecule has 3 atom stereocenters. The van der Waals surface area contributed by atoms with Crippen LogP contribution < -0.4 is 11.1 Å². The van der Waals surface area contributed by atoms with E-state index in [0.29, 0.717) is 18.3 Å². The van der Waals surface area contributed by atoms with E-state index in [1.165, 1.54) is 16.7 Å². The summed E-state index contributed by atoms with van der Waals surface area (Å²) in [5.74, 6) is 0.886. The second-order valence-corrected chi connectivity index (χ2v) is 6.26. The molecular weight excluding hydrogens is 357 g/mol. The molecule has 0 bridgehead atoms. The van der Waals surface area contributed by atoms with Gasteiger partial charge in [-0.1, -0.05) is 37.6 Å². The van der Waals surface area contributed by atoms with Gasteiger partial charge in [0, 0.05) is 22.4 Å². The van der Waals surface area contributed by atoms with Gasteiger partial charge in [-0.05, 0) is 36.8 Å². The maximum atomic E-state index is 13.9. The zero-order valence-electron chi connectivity index (χ0n) is 14.5. The van der Waals surface area contributed by atoms with Crippen LogP contribution >= 0.6 is 0 Å². The second-order valence-electron chi connectivity index (χ2n) is 6.26. The first-order valence-corrected chi connectivity index (χ1v) is 9.49. The van der Waals surface area contributed by atoms with E-state index >= 15 is 0 Å². The summed E-state index contributed by atoms with van der Waals surface area (Å²) in [7, 11) is 0. The molecule has 134 valence electrons. The lowest BCUT2D eigenvalue weighted by molar-refractivity contribution is 0.318. The Bertz CT molecular complexity index is 743. The number of aryl methyl sites for hydroxylation is 1. The maximum Gasteiger partial charge on any atom is 0.228 e. The minimum atomic E-state index is -1.23. The Morgan fingerprint density at radius 2 is 2.04 bits per heavy atom. The molecule has 0 spiro atoms. The number of hydrogen-bond donors (Lipinski definition) is 2. The number of rotatable bonds is 4. The summed E-state index contributed by atoms with van der Waals surface area (Å²) in [6.07, 6.45) is 0.0861. The zero-order chi connectivity index (χ0) is 18.6. The monoisotopic (exact) mass is 379 g/mol. The number of nitrogens with two attached hydrogens (primary N) is 1. The molecule has 0 amide bonds. The second kappa shape index (κ2) is 8.53. The molecule has 0 aliphatic heterocycles. The van der Waals surface area contributed by atoms with Crippen LogP contribution in [0.25, 0.3) is 0 Å². The first-order chi connectivity index (χ1) is 12.0. The predicted molar refractivity (Wildman–Crippen MR) is 104 cm³/mol. The Morgan fingerprint density at radius 3 is 2.72 bits per heavy atom. The summed E-state index contributed by atoms with van der Waals surface area (Å²) in [6, 6.07) is 6.58. The number of nitrogens with zero attached hydrogens (tertiary/aromatic N) is 3. The van der Waals surface area contributed by atoms with Crippen LogP contribution in [0.5, 0.6) is 0 Å². The predicted octanol–water partition coefficient (Wildman–Crippen LogP) is 3.52. The molecule has 0 saturated heterocycles. The molecule has 5 nitrogen and oxygen atoms in total. The van der Waals surface area contributed by atoms with Crippen molar-refractivity contribution in [3.63, 3.8) is 0 Å². The van der Waals surface area contributed by atoms with Crippen molar-refractivity contribution < 1.29 is 4.39 Å². The van der Waals surface area contributed by atoms with Gasteiger partial charge in [0.05, 0.1) is 6.04 Å². The lowest BCUT2D eigenvalue weighted by Gasteiger charge is -2.19. The number of nitrogens with one attached hydrogen (secondary N) is 1. The van der Waals surface area contributed by atoms with Crippen LogP contribution in [0.1, 0.15) is 55.0 Å². The summed E-state index contributed by atoms with van der Waals surface area (Å²) in [5.41, 5.74) is 9.52. The van der Waals surface area contributed by atoms with Crippen LogP contribution in [0.2, 0.25) is 0 Å². The number of aromatic nitrogens is 3. The van der Waals surface area contributed by atoms with E-state index in [9.17, 15) is 4.39 Å². The summed E-state index contributed by atoms with van der Waals surface area (Å²) < 4.78 is 13.9. The smallest absolute Gasteiger partial charge is 0.228 e. The average molecular weight is 380 g/mol. The lowest BCUT2D eigenvalue weighted by Crippen LogP contribution is -2.18. The number of hydrogen-bond acceptors (Lipinski definition) is 7. The molecule has 2 aromatic rings. The van der Waals surface area contributed by atoms with Gasteiger partial charge in [-0.25, -0.2) is 4.39 Å². The van der Waals surface area contributed by atoms with Crippen molar-refractivity contribution in [2.75, 3.05) is 11.1 Å². The van der Waals surface area contributed by atoms with Crippen molar-refractivity contribution in [2.45, 2.75) is 45.8 Å². The third-order valence-corrected chi connectivity index (χ3v) is 4.34. The maximum absolute atomic E-state index is 13.9. The zero-order valence-corrected chi connectivity index (χ0v) is 16.1. The summed E-state index contributed by atoms with van der Waals surface area (Å²) >= 11 is 7.33. The van der Waals surface area contributed by atoms with Gasteiger partial charge >= 0.3 is 0 Å². The number of halogens is 1. The van der Waals surface area contributed by atoms with E-state index in [1.54, 1.807) is 6.92 Å². The minimum Gasteiger partial charge on any atom is -0.368 e. The van der Waals surface area contributed by atoms with E-state index in [-0.39, 0.29) is 17.8 Å². The minimum absolute atomic E-state index is 0.0451. The van der Waals surface area contributed by atoms with Crippen molar-refractivity contribution in [1.29, 1.82) is 0 Å². The molecule has 1 aliphatic carbocycles. The van der Waals surface area contributed by atoms with Crippen LogP contribution in [0, 0.1) is 12.8 Å². The fourth-order valence-electron chi connectivity index (χ4n) is 3.12. The molecule has 0 fully saturated rings. The van der Waals surface area contributed by atoms with Gasteiger partial charge in [-0.15, -0.1) is 0 Å². The highest BCUT2D eigenvalue weighted by molar-refractivity contribution is 8.07. The van der Waals surface area contributed by atoms with Crippen LogP contribution in [-0.4, -0.2) is 15.0 Å². The van der Waals surface area contributed by atoms with Crippen LogP contribution in [-0.2, 0) is 28.8 Å². The Kier molecular flexibility index (Phi) is 6.66. The fourth-order valence-corrected chi connectivity index (χ4v) is 3.12. The standard InChI is InChI=1S/C17H22FN5.S2/c1-4-13(18)15-21-16(19)23-17(22-15)20-14-10(3)8-11-6-5-9(2)7-12(11)14;1-2/h5-7,10,13-14H,4,8H2,1-3H3,(H3,19,20,21,22,23);/t10-,13?,14+;/m0./s1. The molecule has 0 saturated carbocycles. The molecule has 3 N–H and O–H groups in total. The summed E-state index contributed by atoms with van der Waals surface area (Å²) in [4.78, 5) is 12.2. The van der Waals surface area contributed by atoms with Crippen LogP contribution in [0.3, 0.4) is 0 Å². The molecule has 1 aliphatic rings. The topological polar surface area (TPSA) is 76.7 Å². The van der Waals surface area contributed by atoms with Crippen molar-refractivity contribution in [2.24, 2.45) is 5.92 Å². The number of fused-ring (bicyclic) bond motifs is 1. The Hall–Kier alpha value is -1.80. The highest BCUT2D eigenvalue weighted by Crippen LogP contribution is 2.38. The summed E-state index contributed by atoms with van der Waals surface area (Å²) in [5, 5.41) is 3.33. The van der Waals surface area contributed by atoms with Crippen molar-refractivity contribution in [1.82, 2.24) is 15.0 Å². The largest absolute Gasteiger partial charge is 0.368 e. The highest BCUT2D eigenvalue weighted by atomic mass is 32.8. The van der Waals surface area contributed by atoms with Crippen LogP contribution in [0.4, 0.5) is 16.3 Å². The van der Waals surface area contributed by atoms with E-state index in [1.807, 2.05) is 0 Å². The van der Waals surface area contributed by atoms with Crippen molar-refractivity contribution in [3.8, 4) is 0 Å². The molecule has 0 radical (unpaired) electrons. The normalized spacial score (nSPS) is 19.5. The first-order valence-electron chi connectivity index (χ1n) is 8.16. The Labute approximate surface area is 157 Å². The van der Waals surface area contributed by atoms with E-state index in [0.717, 1.165) is 6.42 Å². The van der Waals surface area contributed by atoms with Gasteiger partial charge in [-0.2, -0.15) is 15.0 Å². The SMILES string of the molecule is CCC(F)c1nc(N)nc(N[C@H]2c3cc(C)ccc3C[C@@H]2C)n1.S=S. The Balaban J connectivity index is 0.00000109. The molecule has 1 unspecified atom stereocenters.